The fourth-order valence-corrected chi connectivity index (χ4v) is 3.03. The maximum Gasteiger partial charge on any atom is 0.276 e. The number of nitrogen functional groups attached to an aromatic ring is 1. The first-order valence-corrected chi connectivity index (χ1v) is 8.85. The minimum atomic E-state index is 0.457. The molecule has 4 rings (SSSR count). The van der Waals surface area contributed by atoms with Crippen molar-refractivity contribution < 1.29 is 4.52 Å². The largest absolute Gasteiger partial charge is 0.384 e. The highest BCUT2D eigenvalue weighted by molar-refractivity contribution is 5.60. The summed E-state index contributed by atoms with van der Waals surface area (Å²) in [7, 11) is 1.88. The Bertz CT molecular complexity index is 1070. The van der Waals surface area contributed by atoms with Crippen molar-refractivity contribution in [3.63, 3.8) is 0 Å². The number of benzene rings is 1. The Kier molecular flexibility index (Phi) is 4.23. The van der Waals surface area contributed by atoms with Crippen molar-refractivity contribution >= 4 is 5.82 Å². The molecule has 0 amide bonds. The molecule has 0 atom stereocenters. The first-order chi connectivity index (χ1) is 13.0. The molecule has 8 heteroatoms. The molecule has 0 unspecified atom stereocenters. The molecule has 1 aromatic carbocycles. The molecule has 0 aliphatic heterocycles. The lowest BCUT2D eigenvalue weighted by Gasteiger charge is -2.04. The minimum Gasteiger partial charge on any atom is -0.384 e. The van der Waals surface area contributed by atoms with E-state index in [1.54, 1.807) is 9.36 Å². The number of nitrogens with two attached hydrogens (primary N) is 1. The molecule has 0 aliphatic rings. The molecule has 0 saturated carbocycles. The van der Waals surface area contributed by atoms with Crippen LogP contribution >= 0.6 is 0 Å². The number of anilines is 1. The molecule has 3 heterocycles. The van der Waals surface area contributed by atoms with Gasteiger partial charge in [0.25, 0.3) is 5.89 Å². The second-order valence-electron chi connectivity index (χ2n) is 6.49. The van der Waals surface area contributed by atoms with E-state index < -0.39 is 0 Å². The molecular weight excluding hydrogens is 342 g/mol. The van der Waals surface area contributed by atoms with E-state index in [2.05, 4.69) is 27.3 Å². The molecule has 0 bridgehead atoms. The molecule has 0 radical (unpaired) electrons. The Morgan fingerprint density at radius 3 is 2.56 bits per heavy atom. The van der Waals surface area contributed by atoms with Crippen LogP contribution in [0.2, 0.25) is 0 Å². The molecule has 0 aliphatic carbocycles. The van der Waals surface area contributed by atoms with Crippen molar-refractivity contribution in [3.8, 4) is 28.7 Å². The summed E-state index contributed by atoms with van der Waals surface area (Å²) in [5.74, 6) is 1.58. The van der Waals surface area contributed by atoms with Gasteiger partial charge in [0.1, 0.15) is 11.5 Å². The first kappa shape index (κ1) is 17.0. The summed E-state index contributed by atoms with van der Waals surface area (Å²) >= 11 is 0. The zero-order valence-corrected chi connectivity index (χ0v) is 15.5. The highest BCUT2D eigenvalue weighted by Crippen LogP contribution is 2.24. The maximum atomic E-state index is 5.98. The lowest BCUT2D eigenvalue weighted by molar-refractivity contribution is 0.428. The second kappa shape index (κ2) is 6.71. The molecule has 2 N–H and O–H groups in total. The first-order valence-electron chi connectivity index (χ1n) is 8.85. The van der Waals surface area contributed by atoms with E-state index >= 15 is 0 Å². The number of aromatic nitrogens is 6. The molecule has 0 spiro atoms. The highest BCUT2D eigenvalue weighted by Gasteiger charge is 2.15. The third-order valence-corrected chi connectivity index (χ3v) is 4.31. The van der Waals surface area contributed by atoms with E-state index in [4.69, 9.17) is 10.3 Å². The van der Waals surface area contributed by atoms with Crippen LogP contribution in [0.1, 0.15) is 24.7 Å². The maximum absolute atomic E-state index is 5.98. The standard InChI is InChI=1S/C19H21N7O/c1-4-5-14-11-16(25(3)23-14)19-21-18(24-27-19)13-6-8-15(9-7-13)26-17(20)10-12(2)22-26/h6-11H,4-5,20H2,1-3H3. The molecule has 3 aromatic heterocycles. The van der Waals surface area contributed by atoms with E-state index in [1.807, 2.05) is 50.4 Å². The van der Waals surface area contributed by atoms with Crippen LogP contribution in [-0.4, -0.2) is 29.7 Å². The summed E-state index contributed by atoms with van der Waals surface area (Å²) in [5, 5.41) is 13.0. The lowest BCUT2D eigenvalue weighted by atomic mass is 10.2. The fraction of sp³-hybridized carbons (Fsp3) is 0.263. The zero-order valence-electron chi connectivity index (χ0n) is 15.5. The number of nitrogens with zero attached hydrogens (tertiary/aromatic N) is 6. The van der Waals surface area contributed by atoms with Gasteiger partial charge in [-0.3, -0.25) is 4.68 Å². The smallest absolute Gasteiger partial charge is 0.276 e. The molecule has 4 aromatic rings. The SMILES string of the molecule is CCCc1cc(-c2nc(-c3ccc(-n4nc(C)cc4N)cc3)no2)n(C)n1. The van der Waals surface area contributed by atoms with Crippen LogP contribution in [-0.2, 0) is 13.5 Å². The van der Waals surface area contributed by atoms with Gasteiger partial charge in [-0.25, -0.2) is 4.68 Å². The van der Waals surface area contributed by atoms with Crippen LogP contribution in [0.4, 0.5) is 5.82 Å². The number of hydrogen-bond donors (Lipinski definition) is 1. The minimum absolute atomic E-state index is 0.457. The van der Waals surface area contributed by atoms with Gasteiger partial charge in [0.15, 0.2) is 0 Å². The van der Waals surface area contributed by atoms with E-state index in [9.17, 15) is 0 Å². The van der Waals surface area contributed by atoms with Gasteiger partial charge < -0.3 is 10.3 Å². The molecular formula is C19H21N7O. The van der Waals surface area contributed by atoms with Crippen molar-refractivity contribution in [1.29, 1.82) is 0 Å². The van der Waals surface area contributed by atoms with Crippen LogP contribution in [0.15, 0.2) is 40.9 Å². The van der Waals surface area contributed by atoms with Gasteiger partial charge in [-0.05, 0) is 43.7 Å². The van der Waals surface area contributed by atoms with Crippen LogP contribution < -0.4 is 5.73 Å². The van der Waals surface area contributed by atoms with Crippen molar-refractivity contribution in [2.45, 2.75) is 26.7 Å². The van der Waals surface area contributed by atoms with Gasteiger partial charge in [-0.15, -0.1) is 0 Å². The zero-order chi connectivity index (χ0) is 19.0. The summed E-state index contributed by atoms with van der Waals surface area (Å²) in [6, 6.07) is 11.5. The van der Waals surface area contributed by atoms with E-state index in [1.165, 1.54) is 0 Å². The highest BCUT2D eigenvalue weighted by atomic mass is 16.5. The Balaban J connectivity index is 1.61. The van der Waals surface area contributed by atoms with Crippen LogP contribution in [0.5, 0.6) is 0 Å². The Labute approximate surface area is 156 Å². The molecule has 138 valence electrons. The predicted molar refractivity (Wildman–Crippen MR) is 102 cm³/mol. The number of aryl methyl sites for hydroxylation is 3. The van der Waals surface area contributed by atoms with Crippen LogP contribution in [0.25, 0.3) is 28.7 Å². The molecule has 0 saturated heterocycles. The average Bonchev–Trinajstić information content (AvgIpc) is 3.34. The third-order valence-electron chi connectivity index (χ3n) is 4.31. The second-order valence-corrected chi connectivity index (χ2v) is 6.49. The van der Waals surface area contributed by atoms with Gasteiger partial charge >= 0.3 is 0 Å². The van der Waals surface area contributed by atoms with E-state index in [0.29, 0.717) is 17.5 Å². The van der Waals surface area contributed by atoms with Gasteiger partial charge in [-0.1, -0.05) is 18.5 Å². The van der Waals surface area contributed by atoms with Crippen molar-refractivity contribution in [1.82, 2.24) is 29.7 Å². The summed E-state index contributed by atoms with van der Waals surface area (Å²) in [6.07, 6.45) is 1.96. The van der Waals surface area contributed by atoms with Gasteiger partial charge in [0.2, 0.25) is 5.82 Å². The van der Waals surface area contributed by atoms with Gasteiger partial charge in [-0.2, -0.15) is 15.2 Å². The molecule has 0 fully saturated rings. The van der Waals surface area contributed by atoms with Crippen molar-refractivity contribution in [2.75, 3.05) is 5.73 Å². The number of hydrogen-bond acceptors (Lipinski definition) is 6. The topological polar surface area (TPSA) is 101 Å². The lowest BCUT2D eigenvalue weighted by Crippen LogP contribution is -2.01. The summed E-state index contributed by atoms with van der Waals surface area (Å²) in [6.45, 7) is 4.04. The summed E-state index contributed by atoms with van der Waals surface area (Å²) < 4.78 is 8.93. The van der Waals surface area contributed by atoms with Gasteiger partial charge in [0.05, 0.1) is 17.1 Å². The Morgan fingerprint density at radius 2 is 1.89 bits per heavy atom. The van der Waals surface area contributed by atoms with E-state index in [-0.39, 0.29) is 0 Å². The number of rotatable bonds is 5. The normalized spacial score (nSPS) is 11.2. The summed E-state index contributed by atoms with van der Waals surface area (Å²) in [4.78, 5) is 4.52. The van der Waals surface area contributed by atoms with Crippen LogP contribution in [0, 0.1) is 6.92 Å². The van der Waals surface area contributed by atoms with Gasteiger partial charge in [0, 0.05) is 18.7 Å². The van der Waals surface area contributed by atoms with Crippen LogP contribution in [0.3, 0.4) is 0 Å². The Morgan fingerprint density at radius 1 is 1.11 bits per heavy atom. The van der Waals surface area contributed by atoms with Crippen molar-refractivity contribution in [2.24, 2.45) is 7.05 Å². The molecule has 8 nitrogen and oxygen atoms in total. The third kappa shape index (κ3) is 3.21. The van der Waals surface area contributed by atoms with Crippen molar-refractivity contribution in [3.05, 3.63) is 47.8 Å². The predicted octanol–water partition coefficient (Wildman–Crippen LogP) is 3.17. The quantitative estimate of drug-likeness (QED) is 0.584. The fourth-order valence-electron chi connectivity index (χ4n) is 3.03. The Hall–Kier alpha value is -3.42. The monoisotopic (exact) mass is 363 g/mol. The van der Waals surface area contributed by atoms with E-state index in [0.717, 1.165) is 41.2 Å². The summed E-state index contributed by atoms with van der Waals surface area (Å²) in [5.41, 5.74) is 10.4. The average molecular weight is 363 g/mol. The molecule has 27 heavy (non-hydrogen) atoms.